The zero-order valence-corrected chi connectivity index (χ0v) is 10.1. The summed E-state index contributed by atoms with van der Waals surface area (Å²) >= 11 is 1.55. The Bertz CT molecular complexity index is 693. The van der Waals surface area contributed by atoms with Gasteiger partial charge in [-0.25, -0.2) is 15.0 Å². The number of fused-ring (bicyclic) bond motifs is 3. The van der Waals surface area contributed by atoms with Gasteiger partial charge in [-0.3, -0.25) is 0 Å². The summed E-state index contributed by atoms with van der Waals surface area (Å²) in [7, 11) is 0. The molecule has 86 valence electrons. The van der Waals surface area contributed by atoms with E-state index in [-0.39, 0.29) is 0 Å². The van der Waals surface area contributed by atoms with E-state index in [1.807, 2.05) is 36.4 Å². The van der Waals surface area contributed by atoms with Gasteiger partial charge in [0.05, 0.1) is 16.7 Å². The highest BCUT2D eigenvalue weighted by atomic mass is 32.2. The third-order valence-corrected chi connectivity index (χ3v) is 3.75. The van der Waals surface area contributed by atoms with Crippen molar-refractivity contribution in [2.24, 2.45) is 0 Å². The minimum Gasteiger partial charge on any atom is -0.336 e. The maximum Gasteiger partial charge on any atom is 0.164 e. The molecule has 1 aliphatic rings. The van der Waals surface area contributed by atoms with Gasteiger partial charge in [0.15, 0.2) is 5.82 Å². The second kappa shape index (κ2) is 3.68. The molecule has 0 saturated heterocycles. The molecule has 0 aliphatic carbocycles. The Morgan fingerprint density at radius 2 is 1.72 bits per heavy atom. The molecule has 0 amide bonds. The van der Waals surface area contributed by atoms with E-state index >= 15 is 0 Å². The van der Waals surface area contributed by atoms with Gasteiger partial charge in [0.2, 0.25) is 0 Å². The number of hydrogen-bond acceptors (Lipinski definition) is 5. The molecule has 0 radical (unpaired) electrons. The lowest BCUT2D eigenvalue weighted by molar-refractivity contribution is 1.05. The predicted molar refractivity (Wildman–Crippen MR) is 71.2 cm³/mol. The number of para-hydroxylation sites is 2. The lowest BCUT2D eigenvalue weighted by atomic mass is 10.3. The molecule has 0 saturated carbocycles. The van der Waals surface area contributed by atoms with E-state index in [4.69, 9.17) is 0 Å². The summed E-state index contributed by atoms with van der Waals surface area (Å²) in [6.45, 7) is 0. The SMILES string of the molecule is c1cnc2c(c1)Nc1nc3ccccc3nc1S2. The van der Waals surface area contributed by atoms with Gasteiger partial charge in [0.25, 0.3) is 0 Å². The number of nitrogens with zero attached hydrogens (tertiary/aromatic N) is 3. The lowest BCUT2D eigenvalue weighted by Gasteiger charge is -2.18. The van der Waals surface area contributed by atoms with Crippen LogP contribution in [0.3, 0.4) is 0 Å². The smallest absolute Gasteiger partial charge is 0.164 e. The van der Waals surface area contributed by atoms with Crippen molar-refractivity contribution in [3.8, 4) is 0 Å². The summed E-state index contributed by atoms with van der Waals surface area (Å²) in [5, 5.41) is 5.09. The van der Waals surface area contributed by atoms with E-state index < -0.39 is 0 Å². The van der Waals surface area contributed by atoms with Crippen molar-refractivity contribution in [2.45, 2.75) is 10.1 Å². The zero-order chi connectivity index (χ0) is 11.9. The van der Waals surface area contributed by atoms with Crippen LogP contribution < -0.4 is 5.32 Å². The average molecular weight is 252 g/mol. The van der Waals surface area contributed by atoms with Crippen LogP contribution in [0, 0.1) is 0 Å². The fraction of sp³-hybridized carbons (Fsp3) is 0. The Morgan fingerprint density at radius 3 is 2.61 bits per heavy atom. The summed E-state index contributed by atoms with van der Waals surface area (Å²) in [6, 6.07) is 11.8. The molecule has 0 unspecified atom stereocenters. The zero-order valence-electron chi connectivity index (χ0n) is 9.29. The predicted octanol–water partition coefficient (Wildman–Crippen LogP) is 3.23. The normalized spacial score (nSPS) is 12.7. The van der Waals surface area contributed by atoms with E-state index in [9.17, 15) is 0 Å². The molecule has 1 aromatic carbocycles. The fourth-order valence-electron chi connectivity index (χ4n) is 1.92. The maximum atomic E-state index is 4.61. The molecule has 2 aromatic heterocycles. The molecule has 1 N–H and O–H groups in total. The Kier molecular flexibility index (Phi) is 2.01. The molecule has 0 bridgehead atoms. The first-order valence-corrected chi connectivity index (χ1v) is 6.38. The molecule has 0 fully saturated rings. The molecule has 1 aliphatic heterocycles. The van der Waals surface area contributed by atoms with Crippen LogP contribution in [-0.2, 0) is 0 Å². The molecular formula is C13H8N4S. The minimum atomic E-state index is 0.805. The van der Waals surface area contributed by atoms with E-state index in [1.165, 1.54) is 0 Å². The van der Waals surface area contributed by atoms with Crippen molar-refractivity contribution in [2.75, 3.05) is 5.32 Å². The highest BCUT2D eigenvalue weighted by molar-refractivity contribution is 7.99. The second-order valence-corrected chi connectivity index (χ2v) is 4.93. The molecule has 5 heteroatoms. The number of rotatable bonds is 0. The molecule has 0 atom stereocenters. The van der Waals surface area contributed by atoms with Crippen LogP contribution in [0.2, 0.25) is 0 Å². The van der Waals surface area contributed by atoms with Crippen LogP contribution in [0.15, 0.2) is 52.6 Å². The van der Waals surface area contributed by atoms with Crippen molar-refractivity contribution in [1.82, 2.24) is 15.0 Å². The standard InChI is InChI=1S/C13H8N4S/c1-2-5-9-8(4-1)15-11-13(17-9)18-12-10(16-11)6-3-7-14-12/h1-7H,(H,15,16). The molecular weight excluding hydrogens is 244 g/mol. The van der Waals surface area contributed by atoms with Gasteiger partial charge >= 0.3 is 0 Å². The first kappa shape index (κ1) is 9.85. The molecule has 4 rings (SSSR count). The van der Waals surface area contributed by atoms with Gasteiger partial charge in [-0.1, -0.05) is 12.1 Å². The number of nitrogens with one attached hydrogen (secondary N) is 1. The number of anilines is 2. The van der Waals surface area contributed by atoms with Gasteiger partial charge < -0.3 is 5.32 Å². The highest BCUT2D eigenvalue weighted by Gasteiger charge is 2.19. The third kappa shape index (κ3) is 1.44. The first-order chi connectivity index (χ1) is 8.90. The summed E-state index contributed by atoms with van der Waals surface area (Å²) in [4.78, 5) is 13.5. The van der Waals surface area contributed by atoms with E-state index in [0.29, 0.717) is 0 Å². The summed E-state index contributed by atoms with van der Waals surface area (Å²) in [5.41, 5.74) is 2.79. The summed E-state index contributed by atoms with van der Waals surface area (Å²) in [5.74, 6) is 0.805. The van der Waals surface area contributed by atoms with E-state index in [0.717, 1.165) is 32.6 Å². The largest absolute Gasteiger partial charge is 0.336 e. The minimum absolute atomic E-state index is 0.805. The topological polar surface area (TPSA) is 50.7 Å². The van der Waals surface area contributed by atoms with E-state index in [1.54, 1.807) is 18.0 Å². The van der Waals surface area contributed by atoms with Gasteiger partial charge in [-0.05, 0) is 36.0 Å². The average Bonchev–Trinajstić information content (AvgIpc) is 2.42. The van der Waals surface area contributed by atoms with Crippen LogP contribution in [0.5, 0.6) is 0 Å². The van der Waals surface area contributed by atoms with Gasteiger partial charge in [0.1, 0.15) is 10.1 Å². The van der Waals surface area contributed by atoms with Crippen LogP contribution in [0.1, 0.15) is 0 Å². The number of aromatic nitrogens is 3. The van der Waals surface area contributed by atoms with E-state index in [2.05, 4.69) is 20.3 Å². The third-order valence-electron chi connectivity index (χ3n) is 2.76. The number of benzene rings is 1. The Labute approximate surface area is 107 Å². The van der Waals surface area contributed by atoms with Crippen LogP contribution in [-0.4, -0.2) is 15.0 Å². The Balaban J connectivity index is 1.92. The van der Waals surface area contributed by atoms with Crippen LogP contribution >= 0.6 is 11.8 Å². The Morgan fingerprint density at radius 1 is 0.889 bits per heavy atom. The quantitative estimate of drug-likeness (QED) is 0.520. The van der Waals surface area contributed by atoms with Gasteiger partial charge in [-0.15, -0.1) is 0 Å². The van der Waals surface area contributed by atoms with Crippen molar-refractivity contribution >= 4 is 34.3 Å². The molecule has 3 aromatic rings. The summed E-state index contributed by atoms with van der Waals surface area (Å²) < 4.78 is 0. The van der Waals surface area contributed by atoms with Crippen molar-refractivity contribution in [3.05, 3.63) is 42.6 Å². The molecule has 3 heterocycles. The molecule has 0 spiro atoms. The summed E-state index contributed by atoms with van der Waals surface area (Å²) in [6.07, 6.45) is 1.78. The van der Waals surface area contributed by atoms with Crippen LogP contribution in [0.4, 0.5) is 11.5 Å². The van der Waals surface area contributed by atoms with Gasteiger partial charge in [-0.2, -0.15) is 0 Å². The Hall–Kier alpha value is -2.14. The lowest BCUT2D eigenvalue weighted by Crippen LogP contribution is -2.05. The maximum absolute atomic E-state index is 4.61. The van der Waals surface area contributed by atoms with Crippen molar-refractivity contribution < 1.29 is 0 Å². The van der Waals surface area contributed by atoms with Crippen molar-refractivity contribution in [1.29, 1.82) is 0 Å². The molecule has 18 heavy (non-hydrogen) atoms. The number of pyridine rings is 1. The van der Waals surface area contributed by atoms with Gasteiger partial charge in [0, 0.05) is 6.20 Å². The first-order valence-electron chi connectivity index (χ1n) is 5.57. The van der Waals surface area contributed by atoms with Crippen molar-refractivity contribution in [3.63, 3.8) is 0 Å². The highest BCUT2D eigenvalue weighted by Crippen LogP contribution is 2.41. The fourth-order valence-corrected chi connectivity index (χ4v) is 2.79. The molecule has 4 nitrogen and oxygen atoms in total. The van der Waals surface area contributed by atoms with Crippen LogP contribution in [0.25, 0.3) is 11.0 Å². The second-order valence-electron chi connectivity index (χ2n) is 3.95. The monoisotopic (exact) mass is 252 g/mol. The number of hydrogen-bond donors (Lipinski definition) is 1.